The smallest absolute Gasteiger partial charge is 0.191 e. The van der Waals surface area contributed by atoms with E-state index >= 15 is 0 Å². The Morgan fingerprint density at radius 2 is 1.93 bits per heavy atom. The van der Waals surface area contributed by atoms with Gasteiger partial charge in [-0.25, -0.2) is 0 Å². The Bertz CT molecular complexity index is 594. The summed E-state index contributed by atoms with van der Waals surface area (Å²) in [4.78, 5) is 6.72. The average Bonchev–Trinajstić information content (AvgIpc) is 2.72. The minimum absolute atomic E-state index is 0.431. The summed E-state index contributed by atoms with van der Waals surface area (Å²) in [7, 11) is 5.19. The van der Waals surface area contributed by atoms with Crippen molar-refractivity contribution in [2.75, 3.05) is 57.3 Å². The molecule has 1 aromatic carbocycles. The Labute approximate surface area is 167 Å². The summed E-state index contributed by atoms with van der Waals surface area (Å²) in [6.07, 6.45) is 4.06. The molecule has 1 aliphatic heterocycles. The Hall–Kier alpha value is -2.02. The maximum atomic E-state index is 5.39. The molecule has 0 radical (unpaired) electrons. The van der Waals surface area contributed by atoms with Crippen LogP contribution in [0.3, 0.4) is 0 Å². The number of hydrogen-bond donors (Lipinski definition) is 2. The van der Waals surface area contributed by atoms with Crippen LogP contribution in [-0.4, -0.2) is 64.4 Å². The Balaban J connectivity index is 1.81. The summed E-state index contributed by atoms with van der Waals surface area (Å²) < 4.78 is 10.8. The zero-order valence-corrected chi connectivity index (χ0v) is 17.5. The van der Waals surface area contributed by atoms with Gasteiger partial charge in [0.15, 0.2) is 5.96 Å². The van der Waals surface area contributed by atoms with Crippen LogP contribution in [0.5, 0.6) is 11.5 Å². The van der Waals surface area contributed by atoms with Crippen LogP contribution < -0.4 is 25.0 Å². The van der Waals surface area contributed by atoms with E-state index in [9.17, 15) is 0 Å². The van der Waals surface area contributed by atoms with Crippen LogP contribution in [0.1, 0.15) is 12.8 Å². The molecular weight excluding hydrogens is 360 g/mol. The van der Waals surface area contributed by atoms with E-state index in [1.54, 1.807) is 14.2 Å². The maximum absolute atomic E-state index is 5.39. The number of ether oxygens (including phenoxy) is 2. The first-order chi connectivity index (χ1) is 13.2. The van der Waals surface area contributed by atoms with Crippen LogP contribution in [-0.2, 0) is 0 Å². The lowest BCUT2D eigenvalue weighted by Gasteiger charge is -2.34. The largest absolute Gasteiger partial charge is 0.497 e. The van der Waals surface area contributed by atoms with Gasteiger partial charge in [-0.05, 0) is 12.8 Å². The van der Waals surface area contributed by atoms with Crippen LogP contribution in [0.15, 0.2) is 35.8 Å². The summed E-state index contributed by atoms with van der Waals surface area (Å²) in [5, 5.41) is 6.93. The molecule has 0 amide bonds. The molecule has 1 fully saturated rings. The molecule has 0 spiro atoms. The van der Waals surface area contributed by atoms with Crippen LogP contribution in [0.2, 0.25) is 0 Å². The molecule has 1 aliphatic rings. The topological polar surface area (TPSA) is 58.1 Å². The molecule has 150 valence electrons. The number of benzene rings is 1. The predicted molar refractivity (Wildman–Crippen MR) is 117 cm³/mol. The molecule has 7 heteroatoms. The number of thioether (sulfide) groups is 1. The van der Waals surface area contributed by atoms with Gasteiger partial charge in [-0.2, -0.15) is 11.8 Å². The number of aliphatic imine (C=N–C) groups is 1. The van der Waals surface area contributed by atoms with Gasteiger partial charge in [-0.15, -0.1) is 6.58 Å². The number of nitrogens with zero attached hydrogens (tertiary/aromatic N) is 2. The summed E-state index contributed by atoms with van der Waals surface area (Å²) in [6, 6.07) is 6.47. The third-order valence-corrected chi connectivity index (χ3v) is 5.50. The van der Waals surface area contributed by atoms with E-state index in [-0.39, 0.29) is 0 Å². The van der Waals surface area contributed by atoms with Crippen LogP contribution in [0.25, 0.3) is 0 Å². The van der Waals surface area contributed by atoms with E-state index in [0.29, 0.717) is 6.04 Å². The van der Waals surface area contributed by atoms with Gasteiger partial charge in [0.25, 0.3) is 0 Å². The van der Waals surface area contributed by atoms with Crippen molar-refractivity contribution in [2.45, 2.75) is 18.9 Å². The Morgan fingerprint density at radius 1 is 1.26 bits per heavy atom. The molecular formula is C20H32N4O2S. The lowest BCUT2D eigenvalue weighted by molar-refractivity contribution is 0.393. The van der Waals surface area contributed by atoms with Gasteiger partial charge in [0, 0.05) is 68.1 Å². The quantitative estimate of drug-likeness (QED) is 0.292. The molecule has 0 aromatic heterocycles. The fraction of sp³-hybridized carbons (Fsp3) is 0.550. The van der Waals surface area contributed by atoms with Crippen LogP contribution in [0.4, 0.5) is 5.69 Å². The second kappa shape index (κ2) is 11.6. The number of guanidine groups is 1. The average molecular weight is 393 g/mol. The number of anilines is 1. The highest BCUT2D eigenvalue weighted by Crippen LogP contribution is 2.30. The second-order valence-electron chi connectivity index (χ2n) is 6.34. The SMILES string of the molecule is C=CCSCCNC(=NC)NC1CCN(c2cc(OC)cc(OC)c2)CC1. The summed E-state index contributed by atoms with van der Waals surface area (Å²) in [6.45, 7) is 6.61. The zero-order chi connectivity index (χ0) is 19.5. The molecule has 2 N–H and O–H groups in total. The number of hydrogen-bond acceptors (Lipinski definition) is 5. The van der Waals surface area contributed by atoms with E-state index in [4.69, 9.17) is 9.47 Å². The zero-order valence-electron chi connectivity index (χ0n) is 16.7. The van der Waals surface area contributed by atoms with Gasteiger partial charge in [0.05, 0.1) is 14.2 Å². The number of methoxy groups -OCH3 is 2. The maximum Gasteiger partial charge on any atom is 0.191 e. The fourth-order valence-electron chi connectivity index (χ4n) is 3.05. The molecule has 0 saturated carbocycles. The standard InChI is InChI=1S/C20H32N4O2S/c1-5-11-27-12-8-22-20(21-2)23-16-6-9-24(10-7-16)17-13-18(25-3)15-19(14-17)26-4/h5,13-16H,1,6-12H2,2-4H3,(H2,21,22,23). The lowest BCUT2D eigenvalue weighted by Crippen LogP contribution is -2.49. The summed E-state index contributed by atoms with van der Waals surface area (Å²) >= 11 is 1.87. The molecule has 0 aliphatic carbocycles. The van der Waals surface area contributed by atoms with E-state index < -0.39 is 0 Å². The van der Waals surface area contributed by atoms with E-state index in [1.165, 1.54) is 0 Å². The third kappa shape index (κ3) is 6.90. The minimum atomic E-state index is 0.431. The van der Waals surface area contributed by atoms with Crippen molar-refractivity contribution < 1.29 is 9.47 Å². The Morgan fingerprint density at radius 3 is 2.48 bits per heavy atom. The molecule has 6 nitrogen and oxygen atoms in total. The molecule has 2 rings (SSSR count). The molecule has 1 heterocycles. The summed E-state index contributed by atoms with van der Waals surface area (Å²) in [5.41, 5.74) is 1.14. The van der Waals surface area contributed by atoms with Gasteiger partial charge in [0.1, 0.15) is 11.5 Å². The molecule has 1 aromatic rings. The normalized spacial score (nSPS) is 15.4. The van der Waals surface area contributed by atoms with Crippen molar-refractivity contribution in [3.05, 3.63) is 30.9 Å². The number of rotatable bonds is 9. The van der Waals surface area contributed by atoms with Gasteiger partial charge in [0.2, 0.25) is 0 Å². The van der Waals surface area contributed by atoms with Crippen LogP contribution in [0, 0.1) is 0 Å². The minimum Gasteiger partial charge on any atom is -0.497 e. The highest BCUT2D eigenvalue weighted by molar-refractivity contribution is 7.99. The van der Waals surface area contributed by atoms with Crippen molar-refractivity contribution in [3.8, 4) is 11.5 Å². The molecule has 0 bridgehead atoms. The lowest BCUT2D eigenvalue weighted by atomic mass is 10.0. The van der Waals surface area contributed by atoms with E-state index in [0.717, 1.165) is 67.1 Å². The van der Waals surface area contributed by atoms with Gasteiger partial charge < -0.3 is 25.0 Å². The number of nitrogens with one attached hydrogen (secondary N) is 2. The molecule has 0 atom stereocenters. The van der Waals surface area contributed by atoms with Crippen molar-refractivity contribution in [3.63, 3.8) is 0 Å². The van der Waals surface area contributed by atoms with Gasteiger partial charge >= 0.3 is 0 Å². The first-order valence-electron chi connectivity index (χ1n) is 9.34. The van der Waals surface area contributed by atoms with Crippen molar-refractivity contribution in [1.82, 2.24) is 10.6 Å². The van der Waals surface area contributed by atoms with Gasteiger partial charge in [-0.3, -0.25) is 4.99 Å². The van der Waals surface area contributed by atoms with E-state index in [1.807, 2.05) is 31.0 Å². The van der Waals surface area contributed by atoms with Crippen molar-refractivity contribution >= 4 is 23.4 Å². The molecule has 0 unspecified atom stereocenters. The highest BCUT2D eigenvalue weighted by Gasteiger charge is 2.21. The molecule has 1 saturated heterocycles. The van der Waals surface area contributed by atoms with Crippen molar-refractivity contribution in [2.24, 2.45) is 4.99 Å². The molecule has 27 heavy (non-hydrogen) atoms. The highest BCUT2D eigenvalue weighted by atomic mass is 32.2. The third-order valence-electron chi connectivity index (χ3n) is 4.54. The second-order valence-corrected chi connectivity index (χ2v) is 7.49. The van der Waals surface area contributed by atoms with Crippen LogP contribution >= 0.6 is 11.8 Å². The fourth-order valence-corrected chi connectivity index (χ4v) is 3.63. The summed E-state index contributed by atoms with van der Waals surface area (Å²) in [5.74, 6) is 4.56. The first-order valence-corrected chi connectivity index (χ1v) is 10.5. The van der Waals surface area contributed by atoms with Crippen molar-refractivity contribution in [1.29, 1.82) is 0 Å². The van der Waals surface area contributed by atoms with E-state index in [2.05, 4.69) is 39.2 Å². The number of piperidine rings is 1. The van der Waals surface area contributed by atoms with Gasteiger partial charge in [-0.1, -0.05) is 6.08 Å². The predicted octanol–water partition coefficient (Wildman–Crippen LogP) is 2.76. The monoisotopic (exact) mass is 392 g/mol. The Kier molecular flexibility index (Phi) is 9.18. The first kappa shape index (κ1) is 21.3.